The van der Waals surface area contributed by atoms with Crippen molar-refractivity contribution < 1.29 is 27.9 Å². The van der Waals surface area contributed by atoms with Gasteiger partial charge in [0, 0.05) is 23.0 Å². The smallest absolute Gasteiger partial charge is 0.355 e. The fraction of sp³-hybridized carbons (Fsp3) is 0.278. The van der Waals surface area contributed by atoms with Crippen molar-refractivity contribution in [2.24, 2.45) is 0 Å². The fourth-order valence-electron chi connectivity index (χ4n) is 2.57. The van der Waals surface area contributed by atoms with Crippen LogP contribution in [-0.4, -0.2) is 28.7 Å². The molecule has 1 heterocycles. The number of H-pyrrole nitrogens is 1. The molecule has 2 N–H and O–H groups in total. The van der Waals surface area contributed by atoms with E-state index >= 15 is 0 Å². The number of aromatic amines is 1. The lowest BCUT2D eigenvalue weighted by Gasteiger charge is -2.13. The van der Waals surface area contributed by atoms with Crippen LogP contribution in [0.4, 0.5) is 14.5 Å². The third-order valence-corrected chi connectivity index (χ3v) is 3.83. The number of aromatic nitrogens is 1. The van der Waals surface area contributed by atoms with E-state index in [0.717, 1.165) is 12.1 Å². The van der Waals surface area contributed by atoms with Crippen molar-refractivity contribution >= 4 is 23.3 Å². The highest BCUT2D eigenvalue weighted by atomic mass is 19.2. The molecule has 0 saturated heterocycles. The van der Waals surface area contributed by atoms with Gasteiger partial charge in [0.25, 0.3) is 5.91 Å². The van der Waals surface area contributed by atoms with Crippen LogP contribution < -0.4 is 5.32 Å². The Morgan fingerprint density at radius 3 is 2.35 bits per heavy atom. The molecule has 1 amide bonds. The number of carbonyl (C=O) groups excluding carboxylic acids is 3. The Labute approximate surface area is 148 Å². The molecule has 26 heavy (non-hydrogen) atoms. The van der Waals surface area contributed by atoms with Gasteiger partial charge in [-0.2, -0.15) is 0 Å². The van der Waals surface area contributed by atoms with E-state index in [1.165, 1.54) is 19.9 Å². The molecule has 6 nitrogen and oxygen atoms in total. The molecule has 2 aromatic rings. The average molecular weight is 364 g/mol. The zero-order valence-electron chi connectivity index (χ0n) is 14.7. The van der Waals surface area contributed by atoms with Crippen molar-refractivity contribution in [2.75, 3.05) is 5.32 Å². The lowest BCUT2D eigenvalue weighted by Crippen LogP contribution is -2.30. The minimum Gasteiger partial charge on any atom is -0.448 e. The van der Waals surface area contributed by atoms with Crippen molar-refractivity contribution in [1.82, 2.24) is 4.98 Å². The van der Waals surface area contributed by atoms with Gasteiger partial charge in [-0.15, -0.1) is 0 Å². The number of esters is 1. The topological polar surface area (TPSA) is 88.3 Å². The van der Waals surface area contributed by atoms with Crippen molar-refractivity contribution in [3.63, 3.8) is 0 Å². The molecular weight excluding hydrogens is 346 g/mol. The largest absolute Gasteiger partial charge is 0.448 e. The number of nitrogens with one attached hydrogen (secondary N) is 2. The van der Waals surface area contributed by atoms with Crippen LogP contribution in [0.1, 0.15) is 46.0 Å². The van der Waals surface area contributed by atoms with Crippen LogP contribution in [-0.2, 0) is 9.53 Å². The Morgan fingerprint density at radius 1 is 1.15 bits per heavy atom. The zero-order chi connectivity index (χ0) is 19.6. The molecule has 2 rings (SSSR count). The van der Waals surface area contributed by atoms with Crippen LogP contribution in [0.2, 0.25) is 0 Å². The lowest BCUT2D eigenvalue weighted by atomic mass is 10.1. The van der Waals surface area contributed by atoms with Gasteiger partial charge in [0.1, 0.15) is 5.69 Å². The van der Waals surface area contributed by atoms with Gasteiger partial charge in [-0.05, 0) is 45.4 Å². The van der Waals surface area contributed by atoms with Gasteiger partial charge in [-0.1, -0.05) is 0 Å². The highest BCUT2D eigenvalue weighted by Gasteiger charge is 2.24. The van der Waals surface area contributed by atoms with Crippen LogP contribution in [0.5, 0.6) is 0 Å². The second-order valence-electron chi connectivity index (χ2n) is 5.85. The number of ketones is 1. The number of carbonyl (C=O) groups is 3. The third kappa shape index (κ3) is 3.96. The van der Waals surface area contributed by atoms with Gasteiger partial charge in [0.2, 0.25) is 0 Å². The standard InChI is InChI=1S/C18H18F2N2O4/c1-8-15(10(3)23)9(2)21-16(8)18(25)26-11(4)17(24)22-12-5-6-13(19)14(20)7-12/h5-7,11,21H,1-4H3,(H,22,24)/t11-/m0/s1. The number of benzene rings is 1. The van der Waals surface area contributed by atoms with Gasteiger partial charge in [-0.3, -0.25) is 9.59 Å². The summed E-state index contributed by atoms with van der Waals surface area (Å²) in [5.41, 5.74) is 1.48. The normalized spacial score (nSPS) is 11.8. The Morgan fingerprint density at radius 2 is 1.81 bits per heavy atom. The quantitative estimate of drug-likeness (QED) is 0.629. The molecule has 0 aliphatic carbocycles. The summed E-state index contributed by atoms with van der Waals surface area (Å²) >= 11 is 0. The number of halogens is 2. The van der Waals surface area contributed by atoms with Gasteiger partial charge >= 0.3 is 5.97 Å². The molecular formula is C18H18F2N2O4. The Hall–Kier alpha value is -3.03. The molecule has 0 unspecified atom stereocenters. The maximum atomic E-state index is 13.2. The molecule has 0 bridgehead atoms. The summed E-state index contributed by atoms with van der Waals surface area (Å²) in [6.45, 7) is 5.98. The summed E-state index contributed by atoms with van der Waals surface area (Å²) in [6, 6.07) is 2.87. The van der Waals surface area contributed by atoms with Crippen LogP contribution in [0.15, 0.2) is 18.2 Å². The van der Waals surface area contributed by atoms with E-state index in [0.29, 0.717) is 16.8 Å². The lowest BCUT2D eigenvalue weighted by molar-refractivity contribution is -0.123. The molecule has 1 atom stereocenters. The fourth-order valence-corrected chi connectivity index (χ4v) is 2.57. The van der Waals surface area contributed by atoms with E-state index in [4.69, 9.17) is 4.74 Å². The minimum absolute atomic E-state index is 0.0302. The van der Waals surface area contributed by atoms with Gasteiger partial charge in [-0.25, -0.2) is 13.6 Å². The SMILES string of the molecule is CC(=O)c1c(C)[nH]c(C(=O)O[C@@H](C)C(=O)Nc2ccc(F)c(F)c2)c1C. The summed E-state index contributed by atoms with van der Waals surface area (Å²) in [6.07, 6.45) is -1.20. The van der Waals surface area contributed by atoms with Crippen LogP contribution in [0, 0.1) is 25.5 Å². The monoisotopic (exact) mass is 364 g/mol. The third-order valence-electron chi connectivity index (χ3n) is 3.83. The van der Waals surface area contributed by atoms with Gasteiger partial charge < -0.3 is 15.0 Å². The number of ether oxygens (including phenoxy) is 1. The van der Waals surface area contributed by atoms with E-state index in [9.17, 15) is 23.2 Å². The summed E-state index contributed by atoms with van der Waals surface area (Å²) in [4.78, 5) is 38.7. The molecule has 138 valence electrons. The number of anilines is 1. The van der Waals surface area contributed by atoms with E-state index in [1.54, 1.807) is 13.8 Å². The highest BCUT2D eigenvalue weighted by Crippen LogP contribution is 2.20. The van der Waals surface area contributed by atoms with Gasteiger partial charge in [0.05, 0.1) is 0 Å². The summed E-state index contributed by atoms with van der Waals surface area (Å²) < 4.78 is 31.2. The van der Waals surface area contributed by atoms with Crippen molar-refractivity contribution in [2.45, 2.75) is 33.8 Å². The Balaban J connectivity index is 2.09. The first kappa shape index (κ1) is 19.3. The van der Waals surface area contributed by atoms with Crippen molar-refractivity contribution in [3.8, 4) is 0 Å². The predicted molar refractivity (Wildman–Crippen MR) is 90.1 cm³/mol. The molecule has 0 aliphatic rings. The average Bonchev–Trinajstić information content (AvgIpc) is 2.85. The number of Topliss-reactive ketones (excluding diaryl/α,β-unsaturated/α-hetero) is 1. The molecule has 8 heteroatoms. The van der Waals surface area contributed by atoms with E-state index in [2.05, 4.69) is 10.3 Å². The maximum absolute atomic E-state index is 13.2. The van der Waals surface area contributed by atoms with E-state index in [-0.39, 0.29) is 17.2 Å². The molecule has 0 saturated carbocycles. The summed E-state index contributed by atoms with van der Waals surface area (Å²) in [7, 11) is 0. The number of hydrogen-bond acceptors (Lipinski definition) is 4. The second kappa shape index (κ2) is 7.47. The van der Waals surface area contributed by atoms with Crippen LogP contribution in [0.25, 0.3) is 0 Å². The van der Waals surface area contributed by atoms with Crippen molar-refractivity contribution in [3.05, 3.63) is 52.3 Å². The Bertz CT molecular complexity index is 890. The molecule has 1 aromatic heterocycles. The number of rotatable bonds is 5. The predicted octanol–water partition coefficient (Wildman–Crippen LogP) is 3.30. The number of amides is 1. The molecule has 0 aliphatic heterocycles. The summed E-state index contributed by atoms with van der Waals surface area (Å²) in [5.74, 6) is -3.86. The van der Waals surface area contributed by atoms with E-state index < -0.39 is 29.6 Å². The number of hydrogen-bond donors (Lipinski definition) is 2. The molecule has 0 radical (unpaired) electrons. The molecule has 1 aromatic carbocycles. The highest BCUT2D eigenvalue weighted by molar-refractivity contribution is 6.02. The first-order chi connectivity index (χ1) is 12.1. The molecule has 0 fully saturated rings. The van der Waals surface area contributed by atoms with Crippen molar-refractivity contribution in [1.29, 1.82) is 0 Å². The maximum Gasteiger partial charge on any atom is 0.355 e. The Kier molecular flexibility index (Phi) is 5.54. The molecule has 0 spiro atoms. The number of aryl methyl sites for hydroxylation is 1. The van der Waals surface area contributed by atoms with Gasteiger partial charge in [0.15, 0.2) is 23.5 Å². The first-order valence-electron chi connectivity index (χ1n) is 7.78. The first-order valence-corrected chi connectivity index (χ1v) is 7.78. The zero-order valence-corrected chi connectivity index (χ0v) is 14.7. The summed E-state index contributed by atoms with van der Waals surface area (Å²) in [5, 5.41) is 2.33. The minimum atomic E-state index is -1.20. The van der Waals surface area contributed by atoms with E-state index in [1.807, 2.05) is 0 Å². The van der Waals surface area contributed by atoms with Crippen LogP contribution in [0.3, 0.4) is 0 Å². The second-order valence-corrected chi connectivity index (χ2v) is 5.85. The van der Waals surface area contributed by atoms with Crippen LogP contribution >= 0.6 is 0 Å².